The predicted octanol–water partition coefficient (Wildman–Crippen LogP) is 4.61. The molecule has 1 aromatic rings. The van der Waals surface area contributed by atoms with Crippen molar-refractivity contribution in [3.05, 3.63) is 35.6 Å². The second-order valence-electron chi connectivity index (χ2n) is 9.85. The molecule has 3 aliphatic rings. The molecule has 1 aromatic carbocycles. The molecule has 2 saturated carbocycles. The third kappa shape index (κ3) is 5.25. The van der Waals surface area contributed by atoms with Gasteiger partial charge in [0.15, 0.2) is 5.78 Å². The Morgan fingerprint density at radius 3 is 2.34 bits per heavy atom. The minimum absolute atomic E-state index is 0.142. The molecule has 1 spiro atoms. The fourth-order valence-electron chi connectivity index (χ4n) is 4.57. The highest BCUT2D eigenvalue weighted by Crippen LogP contribution is 2.53. The van der Waals surface area contributed by atoms with E-state index in [0.717, 1.165) is 18.9 Å². The number of ketones is 1. The summed E-state index contributed by atoms with van der Waals surface area (Å²) in [4.78, 5) is 27.3. The molecular weight excluding hydrogens is 419 g/mol. The number of halogens is 3. The van der Waals surface area contributed by atoms with Crippen LogP contribution in [-0.2, 0) is 11.2 Å². The molecule has 2 aliphatic carbocycles. The highest BCUT2D eigenvalue weighted by atomic mass is 19.3. The molecule has 0 unspecified atom stereocenters. The summed E-state index contributed by atoms with van der Waals surface area (Å²) in [7, 11) is 0. The van der Waals surface area contributed by atoms with Gasteiger partial charge in [0.25, 0.3) is 5.92 Å². The average molecular weight is 448 g/mol. The lowest BCUT2D eigenvalue weighted by molar-refractivity contribution is -0.124. The van der Waals surface area contributed by atoms with E-state index in [-0.39, 0.29) is 12.0 Å². The summed E-state index contributed by atoms with van der Waals surface area (Å²) in [5, 5.41) is 11.8. The minimum Gasteiger partial charge on any atom is -0.328 e. The highest BCUT2D eigenvalue weighted by molar-refractivity contribution is 5.89. The molecule has 0 radical (unpaired) electrons. The van der Waals surface area contributed by atoms with Gasteiger partial charge in [0.1, 0.15) is 5.82 Å². The van der Waals surface area contributed by atoms with Crippen molar-refractivity contribution in [2.75, 3.05) is 13.1 Å². The average Bonchev–Trinajstić information content (AvgIpc) is 3.68. The Morgan fingerprint density at radius 2 is 1.78 bits per heavy atom. The zero-order chi connectivity index (χ0) is 23.0. The van der Waals surface area contributed by atoms with Crippen LogP contribution in [0.15, 0.2) is 24.3 Å². The topological polar surface area (TPSA) is 73.2 Å². The monoisotopic (exact) mass is 447 g/mol. The van der Waals surface area contributed by atoms with E-state index in [1.165, 1.54) is 31.0 Å². The fraction of sp³-hybridized carbons (Fsp3) is 0.625. The number of piperidine rings is 1. The van der Waals surface area contributed by atoms with Gasteiger partial charge in [0.05, 0.1) is 17.5 Å². The van der Waals surface area contributed by atoms with Gasteiger partial charge >= 0.3 is 6.03 Å². The van der Waals surface area contributed by atoms with E-state index in [4.69, 9.17) is 0 Å². The molecule has 0 bridgehead atoms. The summed E-state index contributed by atoms with van der Waals surface area (Å²) in [6.45, 7) is 1.08. The number of nitriles is 1. The lowest BCUT2D eigenvalue weighted by Crippen LogP contribution is -2.52. The number of benzene rings is 1. The largest absolute Gasteiger partial charge is 0.328 e. The number of hydrogen-bond acceptors (Lipinski definition) is 3. The van der Waals surface area contributed by atoms with Crippen LogP contribution >= 0.6 is 0 Å². The third-order valence-corrected chi connectivity index (χ3v) is 7.27. The highest BCUT2D eigenvalue weighted by Gasteiger charge is 2.48. The smallest absolute Gasteiger partial charge is 0.317 e. The van der Waals surface area contributed by atoms with Crippen LogP contribution in [0.3, 0.4) is 0 Å². The Kier molecular flexibility index (Phi) is 5.95. The molecule has 1 heterocycles. The summed E-state index contributed by atoms with van der Waals surface area (Å²) < 4.78 is 43.7. The molecule has 4 rings (SSSR count). The number of carbonyl (C=O) groups is 2. The third-order valence-electron chi connectivity index (χ3n) is 7.27. The van der Waals surface area contributed by atoms with Crippen LogP contribution in [-0.4, -0.2) is 41.8 Å². The quantitative estimate of drug-likeness (QED) is 0.633. The molecule has 172 valence electrons. The molecule has 2 amide bonds. The summed E-state index contributed by atoms with van der Waals surface area (Å²) in [6, 6.07) is 5.45. The number of nitrogens with one attached hydrogen (secondary N) is 1. The number of rotatable bonds is 8. The van der Waals surface area contributed by atoms with E-state index in [2.05, 4.69) is 11.4 Å². The number of amides is 2. The minimum atomic E-state index is -3.40. The first-order valence-corrected chi connectivity index (χ1v) is 11.3. The van der Waals surface area contributed by atoms with Crippen molar-refractivity contribution in [2.24, 2.45) is 10.8 Å². The Hall–Kier alpha value is -2.56. The van der Waals surface area contributed by atoms with E-state index in [1.54, 1.807) is 4.90 Å². The molecule has 0 aromatic heterocycles. The van der Waals surface area contributed by atoms with Crippen molar-refractivity contribution < 1.29 is 22.8 Å². The number of carbonyl (C=O) groups excluding carboxylic acids is 2. The van der Waals surface area contributed by atoms with Crippen molar-refractivity contribution in [3.63, 3.8) is 0 Å². The molecule has 32 heavy (non-hydrogen) atoms. The number of nitrogens with zero attached hydrogens (tertiary/aromatic N) is 2. The van der Waals surface area contributed by atoms with Crippen molar-refractivity contribution in [1.82, 2.24) is 10.2 Å². The molecule has 1 saturated heterocycles. The molecule has 8 heteroatoms. The molecule has 1 N–H and O–H groups in total. The molecule has 1 aliphatic heterocycles. The second-order valence-corrected chi connectivity index (χ2v) is 9.85. The lowest BCUT2D eigenvalue weighted by Gasteiger charge is -2.34. The lowest BCUT2D eigenvalue weighted by atomic mass is 9.92. The zero-order valence-electron chi connectivity index (χ0n) is 18.0. The van der Waals surface area contributed by atoms with Crippen molar-refractivity contribution >= 4 is 11.8 Å². The van der Waals surface area contributed by atoms with Crippen LogP contribution in [0.4, 0.5) is 18.0 Å². The maximum Gasteiger partial charge on any atom is 0.317 e. The summed E-state index contributed by atoms with van der Waals surface area (Å²) >= 11 is 0. The molecular formula is C24H28F3N3O2. The first kappa shape index (κ1) is 22.6. The number of urea groups is 1. The number of hydrogen-bond donors (Lipinski definition) is 1. The summed E-state index contributed by atoms with van der Waals surface area (Å²) in [6.07, 6.45) is 3.27. The van der Waals surface area contributed by atoms with E-state index >= 15 is 0 Å². The predicted molar refractivity (Wildman–Crippen MR) is 111 cm³/mol. The van der Waals surface area contributed by atoms with Gasteiger partial charge < -0.3 is 10.2 Å². The fourth-order valence-corrected chi connectivity index (χ4v) is 4.57. The molecule has 5 nitrogen and oxygen atoms in total. The van der Waals surface area contributed by atoms with E-state index in [9.17, 15) is 28.0 Å². The first-order valence-electron chi connectivity index (χ1n) is 11.3. The van der Waals surface area contributed by atoms with Gasteiger partial charge in [-0.05, 0) is 55.6 Å². The van der Waals surface area contributed by atoms with Gasteiger partial charge in [-0.15, -0.1) is 0 Å². The summed E-state index contributed by atoms with van der Waals surface area (Å²) in [5.41, 5.74) is -0.592. The molecule has 1 atom stereocenters. The van der Waals surface area contributed by atoms with E-state index < -0.39 is 47.9 Å². The van der Waals surface area contributed by atoms with Crippen molar-refractivity contribution in [1.29, 1.82) is 5.26 Å². The van der Waals surface area contributed by atoms with Gasteiger partial charge in [0.2, 0.25) is 0 Å². The number of alkyl halides is 2. The normalized spacial score (nSPS) is 21.5. The van der Waals surface area contributed by atoms with Crippen LogP contribution < -0.4 is 5.32 Å². The Labute approximate surface area is 186 Å². The Bertz CT molecular complexity index is 925. The maximum absolute atomic E-state index is 14.9. The van der Waals surface area contributed by atoms with Crippen LogP contribution in [0, 0.1) is 28.0 Å². The van der Waals surface area contributed by atoms with Gasteiger partial charge in [-0.2, -0.15) is 5.26 Å². The Morgan fingerprint density at radius 1 is 1.12 bits per heavy atom. The van der Waals surface area contributed by atoms with Gasteiger partial charge in [-0.1, -0.05) is 18.2 Å². The zero-order valence-corrected chi connectivity index (χ0v) is 18.0. The standard InChI is InChI=1S/C24H28F3N3O2/c25-18-4-2-1-3-17(18)13-24(26,27)14-19(20(31)15-23(16-28)7-8-23)29-21(32)30-11-9-22(5-6-22)10-12-30/h1-4,19H,5-15H2,(H,29,32)/t19-/m0/s1. The van der Waals surface area contributed by atoms with Gasteiger partial charge in [-0.25, -0.2) is 18.0 Å². The summed E-state index contributed by atoms with van der Waals surface area (Å²) in [5.74, 6) is -4.71. The van der Waals surface area contributed by atoms with E-state index in [1.807, 2.05) is 0 Å². The Balaban J connectivity index is 1.44. The van der Waals surface area contributed by atoms with Crippen molar-refractivity contribution in [2.45, 2.75) is 69.8 Å². The molecule has 3 fully saturated rings. The van der Waals surface area contributed by atoms with Crippen LogP contribution in [0.25, 0.3) is 0 Å². The SMILES string of the molecule is N#CC1(CC(=O)[C@H](CC(F)(F)Cc2ccccc2F)NC(=O)N2CCC3(CC2)CC3)CC1. The van der Waals surface area contributed by atoms with Crippen LogP contribution in [0.2, 0.25) is 0 Å². The van der Waals surface area contributed by atoms with Crippen LogP contribution in [0.1, 0.15) is 56.9 Å². The van der Waals surface area contributed by atoms with Gasteiger partial charge in [-0.3, -0.25) is 4.79 Å². The van der Waals surface area contributed by atoms with Crippen LogP contribution in [0.5, 0.6) is 0 Å². The first-order chi connectivity index (χ1) is 15.1. The number of Topliss-reactive ketones (excluding diaryl/α,β-unsaturated/α-hetero) is 1. The maximum atomic E-state index is 14.9. The van der Waals surface area contributed by atoms with E-state index in [0.29, 0.717) is 31.3 Å². The number of likely N-dealkylation sites (tertiary alicyclic amines) is 1. The van der Waals surface area contributed by atoms with Crippen molar-refractivity contribution in [3.8, 4) is 6.07 Å². The van der Waals surface area contributed by atoms with Gasteiger partial charge in [0, 0.05) is 32.4 Å². The second kappa shape index (κ2) is 8.42.